The molecule has 1 aliphatic rings. The van der Waals surface area contributed by atoms with Crippen LogP contribution in [0.25, 0.3) is 0 Å². The van der Waals surface area contributed by atoms with E-state index < -0.39 is 6.10 Å². The Bertz CT molecular complexity index is 595. The van der Waals surface area contributed by atoms with Gasteiger partial charge in [-0.2, -0.15) is 0 Å². The van der Waals surface area contributed by atoms with Crippen molar-refractivity contribution in [1.82, 2.24) is 9.55 Å². The number of hydrogen-bond acceptors (Lipinski definition) is 2. The first-order chi connectivity index (χ1) is 9.15. The lowest BCUT2D eigenvalue weighted by molar-refractivity contribution is 0.168. The van der Waals surface area contributed by atoms with Gasteiger partial charge in [-0.25, -0.2) is 9.37 Å². The fourth-order valence-electron chi connectivity index (χ4n) is 2.23. The van der Waals surface area contributed by atoms with E-state index >= 15 is 0 Å². The van der Waals surface area contributed by atoms with E-state index in [9.17, 15) is 9.50 Å². The smallest absolute Gasteiger partial charge is 0.124 e. The van der Waals surface area contributed by atoms with Gasteiger partial charge in [-0.05, 0) is 30.5 Å². The van der Waals surface area contributed by atoms with E-state index in [0.717, 1.165) is 24.1 Å². The van der Waals surface area contributed by atoms with Gasteiger partial charge in [-0.1, -0.05) is 17.7 Å². The van der Waals surface area contributed by atoms with E-state index in [4.69, 9.17) is 11.6 Å². The van der Waals surface area contributed by atoms with Crippen LogP contribution < -0.4 is 0 Å². The van der Waals surface area contributed by atoms with Gasteiger partial charge in [0.25, 0.3) is 0 Å². The average molecular weight is 281 g/mol. The molecule has 0 spiro atoms. The number of aliphatic hydroxyl groups is 1. The van der Waals surface area contributed by atoms with E-state index in [1.54, 1.807) is 18.6 Å². The molecular weight excluding hydrogens is 267 g/mol. The maximum atomic E-state index is 13.0. The maximum Gasteiger partial charge on any atom is 0.124 e. The molecule has 100 valence electrons. The summed E-state index contributed by atoms with van der Waals surface area (Å²) in [7, 11) is 0. The monoisotopic (exact) mass is 280 g/mol. The number of aliphatic hydroxyl groups excluding tert-OH is 1. The summed E-state index contributed by atoms with van der Waals surface area (Å²) in [6.45, 7) is 0. The van der Waals surface area contributed by atoms with Crippen molar-refractivity contribution in [1.29, 1.82) is 0 Å². The molecule has 2 aromatic rings. The van der Waals surface area contributed by atoms with Gasteiger partial charge >= 0.3 is 0 Å². The minimum atomic E-state index is -0.675. The average Bonchev–Trinajstić information content (AvgIpc) is 3.10. The van der Waals surface area contributed by atoms with Crippen molar-refractivity contribution in [2.75, 3.05) is 0 Å². The lowest BCUT2D eigenvalue weighted by atomic mass is 10.1. The van der Waals surface area contributed by atoms with Gasteiger partial charge in [-0.15, -0.1) is 0 Å². The first-order valence-electron chi connectivity index (χ1n) is 6.29. The standard InChI is InChI=1S/C14H14ClFN2O/c15-12-6-10(16)2-1-9(12)5-14(19)13-7-17-8-18(13)11-3-4-11/h1-2,6-8,11,14,19H,3-5H2. The summed E-state index contributed by atoms with van der Waals surface area (Å²) in [6, 6.07) is 4.70. The Hall–Kier alpha value is -1.39. The van der Waals surface area contributed by atoms with Crippen LogP contribution in [0.1, 0.15) is 36.2 Å². The van der Waals surface area contributed by atoms with E-state index in [1.807, 2.05) is 4.57 Å². The van der Waals surface area contributed by atoms with Gasteiger partial charge in [0.1, 0.15) is 5.82 Å². The summed E-state index contributed by atoms with van der Waals surface area (Å²) in [5.41, 5.74) is 1.53. The second-order valence-electron chi connectivity index (χ2n) is 4.91. The molecule has 1 atom stereocenters. The molecule has 0 bridgehead atoms. The first kappa shape index (κ1) is 12.6. The second kappa shape index (κ2) is 4.94. The quantitative estimate of drug-likeness (QED) is 0.933. The molecule has 1 unspecified atom stereocenters. The van der Waals surface area contributed by atoms with Crippen molar-refractivity contribution in [3.63, 3.8) is 0 Å². The molecule has 0 saturated heterocycles. The molecular formula is C14H14ClFN2O. The summed E-state index contributed by atoms with van der Waals surface area (Å²) in [5.74, 6) is -0.369. The van der Waals surface area contributed by atoms with Crippen molar-refractivity contribution in [3.8, 4) is 0 Å². The van der Waals surface area contributed by atoms with Gasteiger partial charge in [0.2, 0.25) is 0 Å². The van der Waals surface area contributed by atoms with Crippen molar-refractivity contribution in [2.24, 2.45) is 0 Å². The Morgan fingerprint density at radius 3 is 2.95 bits per heavy atom. The molecule has 1 fully saturated rings. The molecule has 19 heavy (non-hydrogen) atoms. The molecule has 1 saturated carbocycles. The molecule has 1 aromatic carbocycles. The molecule has 1 aromatic heterocycles. The normalized spacial score (nSPS) is 16.6. The van der Waals surface area contributed by atoms with E-state index in [1.165, 1.54) is 12.1 Å². The fraction of sp³-hybridized carbons (Fsp3) is 0.357. The highest BCUT2D eigenvalue weighted by atomic mass is 35.5. The molecule has 1 aliphatic carbocycles. The number of aromatic nitrogens is 2. The molecule has 0 radical (unpaired) electrons. The molecule has 1 N–H and O–H groups in total. The minimum Gasteiger partial charge on any atom is -0.386 e. The molecule has 3 nitrogen and oxygen atoms in total. The SMILES string of the molecule is OC(Cc1ccc(F)cc1Cl)c1cncn1C1CC1. The van der Waals surface area contributed by atoms with Gasteiger partial charge in [0, 0.05) is 17.5 Å². The van der Waals surface area contributed by atoms with Crippen molar-refractivity contribution in [3.05, 3.63) is 52.8 Å². The van der Waals surface area contributed by atoms with Crippen LogP contribution >= 0.6 is 11.6 Å². The first-order valence-corrected chi connectivity index (χ1v) is 6.66. The van der Waals surface area contributed by atoms with Crippen LogP contribution in [0.5, 0.6) is 0 Å². The van der Waals surface area contributed by atoms with Crippen molar-refractivity contribution >= 4 is 11.6 Å². The topological polar surface area (TPSA) is 38.1 Å². The van der Waals surface area contributed by atoms with Crippen LogP contribution in [0.4, 0.5) is 4.39 Å². The molecule has 0 amide bonds. The molecule has 3 rings (SSSR count). The largest absolute Gasteiger partial charge is 0.386 e. The highest BCUT2D eigenvalue weighted by molar-refractivity contribution is 6.31. The van der Waals surface area contributed by atoms with Crippen LogP contribution in [0.2, 0.25) is 5.02 Å². The molecule has 0 aliphatic heterocycles. The zero-order valence-electron chi connectivity index (χ0n) is 10.3. The Morgan fingerprint density at radius 1 is 1.47 bits per heavy atom. The summed E-state index contributed by atoms with van der Waals surface area (Å²) in [5, 5.41) is 10.6. The van der Waals surface area contributed by atoms with Crippen LogP contribution in [0, 0.1) is 5.82 Å². The zero-order chi connectivity index (χ0) is 13.4. The molecule has 5 heteroatoms. The Morgan fingerprint density at radius 2 is 2.26 bits per heavy atom. The van der Waals surface area contributed by atoms with Gasteiger partial charge < -0.3 is 9.67 Å². The third kappa shape index (κ3) is 2.65. The van der Waals surface area contributed by atoms with Crippen LogP contribution in [0.3, 0.4) is 0 Å². The Kier molecular flexibility index (Phi) is 3.29. The van der Waals surface area contributed by atoms with Crippen LogP contribution in [0.15, 0.2) is 30.7 Å². The third-order valence-electron chi connectivity index (χ3n) is 3.41. The van der Waals surface area contributed by atoms with Gasteiger partial charge in [0.15, 0.2) is 0 Å². The lowest BCUT2D eigenvalue weighted by Crippen LogP contribution is -2.08. The number of rotatable bonds is 4. The number of nitrogens with zero attached hydrogens (tertiary/aromatic N) is 2. The lowest BCUT2D eigenvalue weighted by Gasteiger charge is -2.14. The highest BCUT2D eigenvalue weighted by Crippen LogP contribution is 2.37. The predicted octanol–water partition coefficient (Wildman–Crippen LogP) is 3.29. The van der Waals surface area contributed by atoms with Crippen molar-refractivity contribution < 1.29 is 9.50 Å². The minimum absolute atomic E-state index is 0.344. The zero-order valence-corrected chi connectivity index (χ0v) is 11.0. The van der Waals surface area contributed by atoms with E-state index in [2.05, 4.69) is 4.98 Å². The number of halogens is 2. The van der Waals surface area contributed by atoms with Crippen LogP contribution in [-0.4, -0.2) is 14.7 Å². The van der Waals surface area contributed by atoms with Gasteiger partial charge in [-0.3, -0.25) is 0 Å². The number of imidazole rings is 1. The van der Waals surface area contributed by atoms with E-state index in [0.29, 0.717) is 17.5 Å². The summed E-state index contributed by atoms with van der Waals surface area (Å²) in [6.07, 6.45) is 5.38. The summed E-state index contributed by atoms with van der Waals surface area (Å²) >= 11 is 5.98. The Labute approximate surface area is 115 Å². The van der Waals surface area contributed by atoms with E-state index in [-0.39, 0.29) is 5.82 Å². The van der Waals surface area contributed by atoms with Crippen molar-refractivity contribution in [2.45, 2.75) is 31.4 Å². The Balaban J connectivity index is 1.80. The van der Waals surface area contributed by atoms with Gasteiger partial charge in [0.05, 0.1) is 24.3 Å². The molecule has 1 heterocycles. The maximum absolute atomic E-state index is 13.0. The highest BCUT2D eigenvalue weighted by Gasteiger charge is 2.27. The summed E-state index contributed by atoms with van der Waals surface area (Å²) < 4.78 is 15.0. The number of hydrogen-bond donors (Lipinski definition) is 1. The second-order valence-corrected chi connectivity index (χ2v) is 5.32. The fourth-order valence-corrected chi connectivity index (χ4v) is 2.48. The third-order valence-corrected chi connectivity index (χ3v) is 3.76. The van der Waals surface area contributed by atoms with Crippen LogP contribution in [-0.2, 0) is 6.42 Å². The predicted molar refractivity (Wildman–Crippen MR) is 70.6 cm³/mol. The summed E-state index contributed by atoms with van der Waals surface area (Å²) in [4.78, 5) is 4.09. The number of benzene rings is 1.